The van der Waals surface area contributed by atoms with E-state index in [9.17, 15) is 9.59 Å². The van der Waals surface area contributed by atoms with E-state index in [0.717, 1.165) is 22.4 Å². The van der Waals surface area contributed by atoms with Crippen LogP contribution in [0.1, 0.15) is 23.1 Å². The highest BCUT2D eigenvalue weighted by atomic mass is 35.5. The second-order valence-electron chi connectivity index (χ2n) is 7.20. The van der Waals surface area contributed by atoms with Gasteiger partial charge in [-0.25, -0.2) is 4.68 Å². The van der Waals surface area contributed by atoms with Gasteiger partial charge in [0.15, 0.2) is 0 Å². The van der Waals surface area contributed by atoms with Crippen molar-refractivity contribution in [1.82, 2.24) is 9.78 Å². The number of hydrogen-bond acceptors (Lipinski definition) is 3. The molecule has 1 spiro atoms. The number of para-hydroxylation sites is 1. The summed E-state index contributed by atoms with van der Waals surface area (Å²) in [4.78, 5) is 27.6. The molecule has 1 N–H and O–H groups in total. The van der Waals surface area contributed by atoms with Crippen molar-refractivity contribution in [3.05, 3.63) is 76.4 Å². The molecule has 0 bridgehead atoms. The van der Waals surface area contributed by atoms with Crippen molar-refractivity contribution >= 4 is 34.9 Å². The predicted molar refractivity (Wildman–Crippen MR) is 107 cm³/mol. The van der Waals surface area contributed by atoms with Gasteiger partial charge < -0.3 is 10.2 Å². The molecule has 2 amide bonds. The van der Waals surface area contributed by atoms with E-state index in [4.69, 9.17) is 11.6 Å². The van der Waals surface area contributed by atoms with Gasteiger partial charge in [0, 0.05) is 29.7 Å². The van der Waals surface area contributed by atoms with Gasteiger partial charge >= 0.3 is 0 Å². The number of anilines is 2. The Bertz CT molecular complexity index is 1120. The molecule has 5 rings (SSSR count). The van der Waals surface area contributed by atoms with Crippen molar-refractivity contribution in [1.29, 1.82) is 0 Å². The van der Waals surface area contributed by atoms with Crippen molar-refractivity contribution < 1.29 is 9.59 Å². The summed E-state index contributed by atoms with van der Waals surface area (Å²) in [5.41, 5.74) is 2.40. The zero-order valence-electron chi connectivity index (χ0n) is 15.1. The summed E-state index contributed by atoms with van der Waals surface area (Å²) in [6.07, 6.45) is 1.78. The number of carbonyl (C=O) groups is 2. The molecule has 2 aliphatic rings. The quantitative estimate of drug-likeness (QED) is 0.728. The fourth-order valence-corrected chi connectivity index (χ4v) is 4.42. The van der Waals surface area contributed by atoms with Crippen LogP contribution in [0.4, 0.5) is 11.5 Å². The Balaban J connectivity index is 1.66. The first-order valence-electron chi connectivity index (χ1n) is 8.99. The molecule has 2 aliphatic heterocycles. The lowest BCUT2D eigenvalue weighted by Gasteiger charge is -2.32. The first-order valence-corrected chi connectivity index (χ1v) is 9.37. The Morgan fingerprint density at radius 1 is 1.11 bits per heavy atom. The van der Waals surface area contributed by atoms with E-state index in [1.807, 2.05) is 48.5 Å². The van der Waals surface area contributed by atoms with Gasteiger partial charge in [-0.3, -0.25) is 9.59 Å². The van der Waals surface area contributed by atoms with E-state index in [-0.39, 0.29) is 18.2 Å². The summed E-state index contributed by atoms with van der Waals surface area (Å²) in [6, 6.07) is 15.1. The average molecular weight is 393 g/mol. The van der Waals surface area contributed by atoms with Crippen LogP contribution in [0.15, 0.2) is 54.7 Å². The number of rotatable bonds is 2. The van der Waals surface area contributed by atoms with Crippen LogP contribution in [-0.4, -0.2) is 28.6 Å². The molecule has 1 aromatic heterocycles. The fraction of sp³-hybridized carbons (Fsp3) is 0.190. The highest BCUT2D eigenvalue weighted by Gasteiger charge is 2.56. The maximum atomic E-state index is 13.3. The number of benzene rings is 2. The standard InChI is InChI=1S/C21H17ClN4O2/c1-25-17-5-3-2-4-15(17)21(20(25)28)10-18(27)24-19-16(21)11-23-26(19)12-13-6-8-14(22)9-7-13/h2-9,11H,10,12H2,1H3,(H,24,27)/t21-/m1/s1. The van der Waals surface area contributed by atoms with Gasteiger partial charge in [0.1, 0.15) is 11.2 Å². The molecule has 6 nitrogen and oxygen atoms in total. The molecule has 0 unspecified atom stereocenters. The topological polar surface area (TPSA) is 67.2 Å². The van der Waals surface area contributed by atoms with Crippen LogP contribution in [0.3, 0.4) is 0 Å². The van der Waals surface area contributed by atoms with Crippen LogP contribution in [-0.2, 0) is 21.5 Å². The number of halogens is 1. The first-order chi connectivity index (χ1) is 13.5. The SMILES string of the molecule is CN1C(=O)[C@]2(CC(=O)Nc3c2cnn3Cc2ccc(Cl)cc2)c2ccccc21. The summed E-state index contributed by atoms with van der Waals surface area (Å²) >= 11 is 5.97. The highest BCUT2D eigenvalue weighted by Crippen LogP contribution is 2.51. The Morgan fingerprint density at radius 3 is 2.64 bits per heavy atom. The number of fused-ring (bicyclic) bond motifs is 4. The molecular formula is C21H17ClN4O2. The molecule has 0 saturated carbocycles. The lowest BCUT2D eigenvalue weighted by Crippen LogP contribution is -2.45. The molecule has 7 heteroatoms. The molecule has 3 heterocycles. The molecule has 0 radical (unpaired) electrons. The third kappa shape index (κ3) is 2.24. The fourth-order valence-electron chi connectivity index (χ4n) is 4.29. The van der Waals surface area contributed by atoms with Crippen LogP contribution < -0.4 is 10.2 Å². The summed E-state index contributed by atoms with van der Waals surface area (Å²) < 4.78 is 1.73. The van der Waals surface area contributed by atoms with Crippen molar-refractivity contribution in [2.45, 2.75) is 18.4 Å². The number of aromatic nitrogens is 2. The maximum Gasteiger partial charge on any atom is 0.242 e. The lowest BCUT2D eigenvalue weighted by molar-refractivity contribution is -0.126. The molecule has 2 aromatic carbocycles. The van der Waals surface area contributed by atoms with E-state index in [0.29, 0.717) is 17.4 Å². The van der Waals surface area contributed by atoms with Crippen LogP contribution in [0.2, 0.25) is 5.02 Å². The maximum absolute atomic E-state index is 13.3. The van der Waals surface area contributed by atoms with Crippen LogP contribution in [0, 0.1) is 0 Å². The van der Waals surface area contributed by atoms with E-state index >= 15 is 0 Å². The third-order valence-electron chi connectivity index (χ3n) is 5.62. The molecule has 140 valence electrons. The zero-order chi connectivity index (χ0) is 19.5. The molecule has 3 aromatic rings. The molecule has 1 atom stereocenters. The van der Waals surface area contributed by atoms with E-state index < -0.39 is 5.41 Å². The molecule has 0 aliphatic carbocycles. The Labute approximate surface area is 166 Å². The van der Waals surface area contributed by atoms with Gasteiger partial charge in [-0.2, -0.15) is 5.10 Å². The number of hydrogen-bond donors (Lipinski definition) is 1. The Hall–Kier alpha value is -3.12. The zero-order valence-corrected chi connectivity index (χ0v) is 15.9. The van der Waals surface area contributed by atoms with Crippen molar-refractivity contribution in [3.8, 4) is 0 Å². The monoisotopic (exact) mass is 392 g/mol. The normalized spacial score (nSPS) is 20.3. The lowest BCUT2D eigenvalue weighted by atomic mass is 9.72. The number of nitrogens with one attached hydrogen (secondary N) is 1. The van der Waals surface area contributed by atoms with Crippen molar-refractivity contribution in [3.63, 3.8) is 0 Å². The number of carbonyl (C=O) groups excluding carboxylic acids is 2. The summed E-state index contributed by atoms with van der Waals surface area (Å²) in [5, 5.41) is 8.08. The molecule has 0 saturated heterocycles. The number of likely N-dealkylation sites (N-methyl/N-ethyl adjacent to an activating group) is 1. The van der Waals surface area contributed by atoms with Crippen LogP contribution >= 0.6 is 11.6 Å². The largest absolute Gasteiger partial charge is 0.314 e. The third-order valence-corrected chi connectivity index (χ3v) is 5.88. The molecule has 0 fully saturated rings. The number of amides is 2. The summed E-state index contributed by atoms with van der Waals surface area (Å²) in [7, 11) is 1.75. The van der Waals surface area contributed by atoms with Crippen LogP contribution in [0.5, 0.6) is 0 Å². The van der Waals surface area contributed by atoms with Crippen molar-refractivity contribution in [2.24, 2.45) is 0 Å². The van der Waals surface area contributed by atoms with Gasteiger partial charge in [-0.15, -0.1) is 0 Å². The average Bonchev–Trinajstić information content (AvgIpc) is 3.18. The minimum Gasteiger partial charge on any atom is -0.314 e. The van der Waals surface area contributed by atoms with E-state index in [1.54, 1.807) is 22.8 Å². The second-order valence-corrected chi connectivity index (χ2v) is 7.64. The van der Waals surface area contributed by atoms with Gasteiger partial charge in [-0.05, 0) is 29.3 Å². The summed E-state index contributed by atoms with van der Waals surface area (Å²) in [5.74, 6) is 0.282. The molecule has 28 heavy (non-hydrogen) atoms. The number of nitrogens with zero attached hydrogens (tertiary/aromatic N) is 3. The molecular weight excluding hydrogens is 376 g/mol. The Kier molecular flexibility index (Phi) is 3.61. The van der Waals surface area contributed by atoms with Gasteiger partial charge in [0.25, 0.3) is 0 Å². The highest BCUT2D eigenvalue weighted by molar-refractivity contribution is 6.30. The van der Waals surface area contributed by atoms with Crippen molar-refractivity contribution in [2.75, 3.05) is 17.3 Å². The van der Waals surface area contributed by atoms with Gasteiger partial charge in [-0.1, -0.05) is 41.9 Å². The predicted octanol–water partition coefficient (Wildman–Crippen LogP) is 3.19. The van der Waals surface area contributed by atoms with Gasteiger partial charge in [0.2, 0.25) is 11.8 Å². The minimum absolute atomic E-state index is 0.0762. The summed E-state index contributed by atoms with van der Waals surface area (Å²) in [6.45, 7) is 0.467. The van der Waals surface area contributed by atoms with E-state index in [1.165, 1.54) is 0 Å². The Morgan fingerprint density at radius 2 is 1.86 bits per heavy atom. The van der Waals surface area contributed by atoms with Gasteiger partial charge in [0.05, 0.1) is 12.7 Å². The smallest absolute Gasteiger partial charge is 0.242 e. The second kappa shape index (κ2) is 5.94. The first kappa shape index (κ1) is 17.0. The van der Waals surface area contributed by atoms with E-state index in [2.05, 4.69) is 10.4 Å². The van der Waals surface area contributed by atoms with Crippen LogP contribution in [0.25, 0.3) is 0 Å². The minimum atomic E-state index is -1.03.